The van der Waals surface area contributed by atoms with Gasteiger partial charge in [0.15, 0.2) is 23.0 Å². The monoisotopic (exact) mass is 469 g/mol. The number of carbonyl (C=O) groups excluding carboxylic acids is 2. The van der Waals surface area contributed by atoms with Crippen LogP contribution in [0.4, 0.5) is 0 Å². The molecule has 0 aliphatic carbocycles. The molecule has 180 valence electrons. The summed E-state index contributed by atoms with van der Waals surface area (Å²) in [6.07, 6.45) is 0. The number of aliphatic hydroxyl groups excluding tert-OH is 1. The summed E-state index contributed by atoms with van der Waals surface area (Å²) in [7, 11) is 3.05. The summed E-state index contributed by atoms with van der Waals surface area (Å²) in [4.78, 5) is 27.5. The van der Waals surface area contributed by atoms with Gasteiger partial charge in [-0.25, -0.2) is 0 Å². The highest BCUT2D eigenvalue weighted by Crippen LogP contribution is 2.43. The van der Waals surface area contributed by atoms with E-state index >= 15 is 0 Å². The molecular weight excluding hydrogens is 442 g/mol. The molecule has 0 radical (unpaired) electrons. The van der Waals surface area contributed by atoms with Gasteiger partial charge in [0.05, 0.1) is 31.9 Å². The van der Waals surface area contributed by atoms with E-state index in [9.17, 15) is 14.7 Å². The summed E-state index contributed by atoms with van der Waals surface area (Å²) in [6.45, 7) is 3.45. The lowest BCUT2D eigenvalue weighted by molar-refractivity contribution is -0.140. The van der Waals surface area contributed by atoms with E-state index < -0.39 is 17.7 Å². The normalized spacial score (nSPS) is 18.8. The van der Waals surface area contributed by atoms with Gasteiger partial charge in [-0.3, -0.25) is 9.59 Å². The number of nitrogens with zero attached hydrogens (tertiary/aromatic N) is 1. The Morgan fingerprint density at radius 3 is 2.53 bits per heavy atom. The van der Waals surface area contributed by atoms with Crippen LogP contribution in [0.1, 0.15) is 24.1 Å². The Morgan fingerprint density at radius 1 is 1.06 bits per heavy atom. The second kappa shape index (κ2) is 10.0. The van der Waals surface area contributed by atoms with Gasteiger partial charge in [0.1, 0.15) is 19.0 Å². The van der Waals surface area contributed by atoms with Crippen LogP contribution in [0.3, 0.4) is 0 Å². The number of hydrogen-bond donors (Lipinski definition) is 1. The van der Waals surface area contributed by atoms with E-state index in [4.69, 9.17) is 23.7 Å². The molecule has 1 atom stereocenters. The minimum absolute atomic E-state index is 0.0228. The number of rotatable bonds is 8. The summed E-state index contributed by atoms with van der Waals surface area (Å²) in [5, 5.41) is 11.3. The highest BCUT2D eigenvalue weighted by Gasteiger charge is 2.46. The smallest absolute Gasteiger partial charge is 0.295 e. The summed E-state index contributed by atoms with van der Waals surface area (Å²) in [6, 6.07) is 9.23. The summed E-state index contributed by atoms with van der Waals surface area (Å²) in [5.41, 5.74) is 0.918. The zero-order chi connectivity index (χ0) is 24.2. The maximum atomic E-state index is 13.1. The van der Waals surface area contributed by atoms with E-state index in [1.807, 2.05) is 6.92 Å². The number of amides is 1. The van der Waals surface area contributed by atoms with Crippen molar-refractivity contribution in [2.24, 2.45) is 0 Å². The number of fused-ring (bicyclic) bond motifs is 1. The Labute approximate surface area is 197 Å². The van der Waals surface area contributed by atoms with E-state index in [1.54, 1.807) is 36.4 Å². The van der Waals surface area contributed by atoms with Gasteiger partial charge < -0.3 is 33.7 Å². The lowest BCUT2D eigenvalue weighted by atomic mass is 9.94. The summed E-state index contributed by atoms with van der Waals surface area (Å²) >= 11 is 0. The third-order valence-corrected chi connectivity index (χ3v) is 5.70. The molecule has 2 heterocycles. The fourth-order valence-electron chi connectivity index (χ4n) is 4.12. The van der Waals surface area contributed by atoms with Crippen LogP contribution < -0.4 is 18.9 Å². The summed E-state index contributed by atoms with van der Waals surface area (Å²) in [5.74, 6) is 0.219. The second-order valence-electron chi connectivity index (χ2n) is 7.69. The minimum atomic E-state index is -0.839. The average Bonchev–Trinajstić information content (AvgIpc) is 3.11. The van der Waals surface area contributed by atoms with Gasteiger partial charge in [-0.15, -0.1) is 0 Å². The molecule has 2 aromatic rings. The molecule has 0 saturated carbocycles. The van der Waals surface area contributed by atoms with Crippen LogP contribution in [-0.2, 0) is 14.3 Å². The van der Waals surface area contributed by atoms with E-state index in [0.717, 1.165) is 0 Å². The third-order valence-electron chi connectivity index (χ3n) is 5.70. The fraction of sp³-hybridized carbons (Fsp3) is 0.360. The number of aliphatic hydroxyl groups is 1. The van der Waals surface area contributed by atoms with Gasteiger partial charge in [0.2, 0.25) is 0 Å². The number of hydrogen-bond acceptors (Lipinski definition) is 8. The molecule has 2 aliphatic rings. The molecule has 1 amide bonds. The predicted octanol–water partition coefficient (Wildman–Crippen LogP) is 2.93. The van der Waals surface area contributed by atoms with Crippen molar-refractivity contribution in [3.05, 3.63) is 53.1 Å². The van der Waals surface area contributed by atoms with Gasteiger partial charge in [-0.2, -0.15) is 0 Å². The van der Waals surface area contributed by atoms with Crippen LogP contribution in [0.5, 0.6) is 23.0 Å². The molecule has 1 fully saturated rings. The van der Waals surface area contributed by atoms with Crippen LogP contribution in [-0.4, -0.2) is 68.9 Å². The number of likely N-dealkylation sites (tertiary alicyclic amines) is 1. The number of carbonyl (C=O) groups is 2. The summed E-state index contributed by atoms with van der Waals surface area (Å²) < 4.78 is 27.4. The van der Waals surface area contributed by atoms with Crippen molar-refractivity contribution < 1.29 is 38.4 Å². The fourth-order valence-corrected chi connectivity index (χ4v) is 4.12. The molecule has 0 bridgehead atoms. The van der Waals surface area contributed by atoms with E-state index in [2.05, 4.69) is 0 Å². The molecule has 1 unspecified atom stereocenters. The SMILES string of the molecule is CCOc1cc(C2/C(=C(\O)c3ccc4c(c3)OCCO4)C(=O)C(=O)N2CCOC)ccc1OC. The molecule has 2 aromatic carbocycles. The van der Waals surface area contributed by atoms with Gasteiger partial charge >= 0.3 is 0 Å². The van der Waals surface area contributed by atoms with Gasteiger partial charge in [0.25, 0.3) is 11.7 Å². The van der Waals surface area contributed by atoms with Crippen LogP contribution in [0.25, 0.3) is 5.76 Å². The van der Waals surface area contributed by atoms with E-state index in [-0.39, 0.29) is 24.5 Å². The highest BCUT2D eigenvalue weighted by molar-refractivity contribution is 6.46. The Bertz CT molecular complexity index is 1130. The van der Waals surface area contributed by atoms with Crippen molar-refractivity contribution in [1.82, 2.24) is 4.90 Å². The molecule has 4 rings (SSSR count). The number of benzene rings is 2. The maximum Gasteiger partial charge on any atom is 0.295 e. The van der Waals surface area contributed by atoms with Crippen LogP contribution in [0.2, 0.25) is 0 Å². The standard InChI is InChI=1S/C25H27NO8/c1-4-32-19-13-15(5-7-17(19)31-3)22-21(24(28)25(29)26(22)9-10-30-2)23(27)16-6-8-18-20(14-16)34-12-11-33-18/h5-8,13-14,22,27H,4,9-12H2,1-3H3/b23-21+. The molecule has 1 N–H and O–H groups in total. The third kappa shape index (κ3) is 4.26. The van der Waals surface area contributed by atoms with E-state index in [0.29, 0.717) is 53.9 Å². The van der Waals surface area contributed by atoms with Crippen molar-refractivity contribution in [2.75, 3.05) is 47.2 Å². The number of methoxy groups -OCH3 is 2. The maximum absolute atomic E-state index is 13.1. The molecule has 0 aromatic heterocycles. The van der Waals surface area contributed by atoms with Crippen molar-refractivity contribution in [3.8, 4) is 23.0 Å². The van der Waals surface area contributed by atoms with Crippen molar-refractivity contribution >= 4 is 17.4 Å². The first-order valence-corrected chi connectivity index (χ1v) is 11.0. The highest BCUT2D eigenvalue weighted by atomic mass is 16.6. The zero-order valence-electron chi connectivity index (χ0n) is 19.3. The van der Waals surface area contributed by atoms with Crippen LogP contribution in [0, 0.1) is 0 Å². The Kier molecular flexibility index (Phi) is 6.93. The number of Topliss-reactive ketones (excluding diaryl/α,β-unsaturated/α-hetero) is 1. The Morgan fingerprint density at radius 2 is 1.82 bits per heavy atom. The first kappa shape index (κ1) is 23.4. The molecule has 0 spiro atoms. The molecule has 9 nitrogen and oxygen atoms in total. The minimum Gasteiger partial charge on any atom is -0.507 e. The second-order valence-corrected chi connectivity index (χ2v) is 7.69. The Balaban J connectivity index is 1.85. The first-order valence-electron chi connectivity index (χ1n) is 11.0. The Hall–Kier alpha value is -3.72. The molecular formula is C25H27NO8. The topological polar surface area (TPSA) is 104 Å². The van der Waals surface area contributed by atoms with Crippen molar-refractivity contribution in [3.63, 3.8) is 0 Å². The van der Waals surface area contributed by atoms with Gasteiger partial charge in [0, 0.05) is 19.2 Å². The molecule has 34 heavy (non-hydrogen) atoms. The van der Waals surface area contributed by atoms with Crippen LogP contribution >= 0.6 is 0 Å². The molecule has 1 saturated heterocycles. The number of ether oxygens (including phenoxy) is 5. The molecule has 2 aliphatic heterocycles. The zero-order valence-corrected chi connectivity index (χ0v) is 19.3. The number of ketones is 1. The predicted molar refractivity (Wildman–Crippen MR) is 122 cm³/mol. The van der Waals surface area contributed by atoms with Crippen LogP contribution in [0.15, 0.2) is 42.0 Å². The largest absolute Gasteiger partial charge is 0.507 e. The quantitative estimate of drug-likeness (QED) is 0.358. The molecule has 9 heteroatoms. The average molecular weight is 469 g/mol. The first-order chi connectivity index (χ1) is 16.5. The van der Waals surface area contributed by atoms with Gasteiger partial charge in [-0.1, -0.05) is 6.07 Å². The lowest BCUT2D eigenvalue weighted by Crippen LogP contribution is -2.32. The van der Waals surface area contributed by atoms with E-state index in [1.165, 1.54) is 19.1 Å². The van der Waals surface area contributed by atoms with Gasteiger partial charge in [-0.05, 0) is 42.8 Å². The van der Waals surface area contributed by atoms with Crippen molar-refractivity contribution in [1.29, 1.82) is 0 Å². The lowest BCUT2D eigenvalue weighted by Gasteiger charge is -2.26. The van der Waals surface area contributed by atoms with Crippen molar-refractivity contribution in [2.45, 2.75) is 13.0 Å².